The van der Waals surface area contributed by atoms with Crippen LogP contribution in [0.15, 0.2) is 73.5 Å². The molecule has 29 heavy (non-hydrogen) atoms. The average Bonchev–Trinajstić information content (AvgIpc) is 2.75. The summed E-state index contributed by atoms with van der Waals surface area (Å²) in [4.78, 5) is 16.5. The summed E-state index contributed by atoms with van der Waals surface area (Å²) in [6, 6.07) is 18.2. The first-order valence-electron chi connectivity index (χ1n) is 10.0. The molecule has 0 atom stereocenters. The number of urea groups is 1. The van der Waals surface area contributed by atoms with Crippen molar-refractivity contribution in [2.45, 2.75) is 32.9 Å². The predicted octanol–water partition coefficient (Wildman–Crippen LogP) is 4.63. The van der Waals surface area contributed by atoms with Crippen LogP contribution in [0.1, 0.15) is 31.4 Å². The molecule has 0 saturated heterocycles. The van der Waals surface area contributed by atoms with Gasteiger partial charge in [0.2, 0.25) is 0 Å². The lowest BCUT2D eigenvalue weighted by Gasteiger charge is -2.28. The first kappa shape index (κ1) is 20.8. The molecule has 2 amide bonds. The van der Waals surface area contributed by atoms with Crippen LogP contribution in [0, 0.1) is 0 Å². The molecule has 0 saturated carbocycles. The Hall–Kier alpha value is -2.89. The molecule has 5 heteroatoms. The van der Waals surface area contributed by atoms with Gasteiger partial charge in [0.1, 0.15) is 0 Å². The van der Waals surface area contributed by atoms with Gasteiger partial charge in [-0.1, -0.05) is 55.1 Å². The summed E-state index contributed by atoms with van der Waals surface area (Å²) in [5, 5.41) is 1.21. The largest absolute Gasteiger partial charge is 0.342 e. The Balaban J connectivity index is 1.65. The number of nitrogens with two attached hydrogens (primary N) is 1. The molecule has 0 fully saturated rings. The maximum Gasteiger partial charge on any atom is 0.342 e. The highest BCUT2D eigenvalue weighted by Gasteiger charge is 2.20. The van der Waals surface area contributed by atoms with Crippen LogP contribution in [0.2, 0.25) is 0 Å². The lowest BCUT2D eigenvalue weighted by molar-refractivity contribution is 0.194. The Kier molecular flexibility index (Phi) is 6.86. The van der Waals surface area contributed by atoms with Gasteiger partial charge < -0.3 is 0 Å². The van der Waals surface area contributed by atoms with Crippen LogP contribution in [0.4, 0.5) is 10.5 Å². The van der Waals surface area contributed by atoms with E-state index in [0.29, 0.717) is 0 Å². The van der Waals surface area contributed by atoms with E-state index in [1.54, 1.807) is 0 Å². The Morgan fingerprint density at radius 2 is 1.86 bits per heavy atom. The van der Waals surface area contributed by atoms with Gasteiger partial charge in [-0.2, -0.15) is 0 Å². The van der Waals surface area contributed by atoms with E-state index in [1.807, 2.05) is 26.0 Å². The second-order valence-corrected chi connectivity index (χ2v) is 7.58. The minimum Gasteiger partial charge on any atom is -0.295 e. The quantitative estimate of drug-likeness (QED) is 0.444. The summed E-state index contributed by atoms with van der Waals surface area (Å²) in [7, 11) is 0. The van der Waals surface area contributed by atoms with Crippen molar-refractivity contribution in [1.29, 1.82) is 0 Å². The predicted molar refractivity (Wildman–Crippen MR) is 120 cm³/mol. The van der Waals surface area contributed by atoms with E-state index in [0.717, 1.165) is 31.7 Å². The third-order valence-electron chi connectivity index (χ3n) is 5.22. The second kappa shape index (κ2) is 9.54. The summed E-state index contributed by atoms with van der Waals surface area (Å²) in [5.74, 6) is 5.87. The summed E-state index contributed by atoms with van der Waals surface area (Å²) in [6.07, 6.45) is 4.82. The van der Waals surface area contributed by atoms with Crippen molar-refractivity contribution in [3.8, 4) is 0 Å². The Bertz CT molecular complexity index is 858. The van der Waals surface area contributed by atoms with Gasteiger partial charge in [0.25, 0.3) is 0 Å². The van der Waals surface area contributed by atoms with Crippen molar-refractivity contribution in [3.63, 3.8) is 0 Å². The topological polar surface area (TPSA) is 52.8 Å². The number of amides is 2. The number of carbonyl (C=O) groups excluding carboxylic acids is 1. The lowest BCUT2D eigenvalue weighted by atomic mass is 9.99. The first-order valence-corrected chi connectivity index (χ1v) is 10.0. The zero-order valence-electron chi connectivity index (χ0n) is 17.3. The fourth-order valence-corrected chi connectivity index (χ4v) is 3.43. The number of benzene rings is 2. The molecule has 2 aromatic carbocycles. The molecular formula is C24H30N4O. The maximum absolute atomic E-state index is 12.5. The second-order valence-electron chi connectivity index (χ2n) is 7.58. The molecule has 0 bridgehead atoms. The minimum absolute atomic E-state index is 0.0875. The fourth-order valence-electron chi connectivity index (χ4n) is 3.43. The molecule has 0 spiro atoms. The van der Waals surface area contributed by atoms with Crippen LogP contribution >= 0.6 is 0 Å². The molecule has 0 aromatic heterocycles. The van der Waals surface area contributed by atoms with Gasteiger partial charge >= 0.3 is 6.03 Å². The van der Waals surface area contributed by atoms with Gasteiger partial charge in [0.15, 0.2) is 0 Å². The van der Waals surface area contributed by atoms with Crippen LogP contribution < -0.4 is 10.7 Å². The van der Waals surface area contributed by atoms with Gasteiger partial charge in [-0.05, 0) is 49.1 Å². The molecular weight excluding hydrogens is 360 g/mol. The molecule has 3 rings (SSSR count). The summed E-state index contributed by atoms with van der Waals surface area (Å²) in [6.45, 7) is 10.5. The highest BCUT2D eigenvalue weighted by Crippen LogP contribution is 2.26. The smallest absolute Gasteiger partial charge is 0.295 e. The number of hydrogen-bond acceptors (Lipinski definition) is 3. The van der Waals surface area contributed by atoms with Gasteiger partial charge in [-0.3, -0.25) is 14.8 Å². The zero-order chi connectivity index (χ0) is 20.8. The van der Waals surface area contributed by atoms with E-state index in [9.17, 15) is 4.79 Å². The normalized spacial score (nSPS) is 14.4. The zero-order valence-corrected chi connectivity index (χ0v) is 17.3. The molecule has 1 aliphatic heterocycles. The SMILES string of the molecule is C=CN(C(=O)N(N)C(C)C)c1ccc(C2=CCN(Cc3ccccc3)CC2)cc1. The van der Waals surface area contributed by atoms with Crippen molar-refractivity contribution >= 4 is 17.3 Å². The highest BCUT2D eigenvalue weighted by molar-refractivity contribution is 5.93. The number of nitrogens with zero attached hydrogens (tertiary/aromatic N) is 3. The van der Waals surface area contributed by atoms with Crippen LogP contribution in [0.5, 0.6) is 0 Å². The van der Waals surface area contributed by atoms with Crippen LogP contribution in [-0.4, -0.2) is 35.1 Å². The third kappa shape index (κ3) is 5.13. The van der Waals surface area contributed by atoms with Gasteiger partial charge in [-0.25, -0.2) is 10.6 Å². The molecule has 2 aromatic rings. The van der Waals surface area contributed by atoms with Gasteiger partial charge in [-0.15, -0.1) is 0 Å². The first-order chi connectivity index (χ1) is 14.0. The van der Waals surface area contributed by atoms with Crippen molar-refractivity contribution in [1.82, 2.24) is 9.91 Å². The summed E-state index contributed by atoms with van der Waals surface area (Å²) < 4.78 is 0. The Morgan fingerprint density at radius 3 is 2.41 bits per heavy atom. The molecule has 0 radical (unpaired) electrons. The number of carbonyl (C=O) groups is 1. The van der Waals surface area contributed by atoms with Crippen LogP contribution in [-0.2, 0) is 6.54 Å². The molecule has 2 N–H and O–H groups in total. The van der Waals surface area contributed by atoms with E-state index < -0.39 is 0 Å². The van der Waals surface area contributed by atoms with Gasteiger partial charge in [0.05, 0.1) is 5.69 Å². The van der Waals surface area contributed by atoms with Crippen LogP contribution in [0.3, 0.4) is 0 Å². The van der Waals surface area contributed by atoms with Crippen molar-refractivity contribution in [3.05, 3.63) is 84.6 Å². The fraction of sp³-hybridized carbons (Fsp3) is 0.292. The maximum atomic E-state index is 12.5. The molecule has 1 aliphatic rings. The molecule has 5 nitrogen and oxygen atoms in total. The molecule has 1 heterocycles. The molecule has 152 valence electrons. The van der Waals surface area contributed by atoms with E-state index in [4.69, 9.17) is 5.84 Å². The standard InChI is InChI=1S/C24H30N4O/c1-4-27(24(29)28(25)19(2)3)23-12-10-21(11-13-23)22-14-16-26(17-15-22)18-20-8-6-5-7-9-20/h4-14,19H,1,15-18,25H2,2-3H3. The number of anilines is 1. The van der Waals surface area contributed by atoms with E-state index in [-0.39, 0.29) is 12.1 Å². The number of hydrazine groups is 1. The number of rotatable bonds is 6. The van der Waals surface area contributed by atoms with E-state index in [2.05, 4.69) is 60.0 Å². The lowest BCUT2D eigenvalue weighted by Crippen LogP contribution is -2.48. The highest BCUT2D eigenvalue weighted by atomic mass is 16.2. The number of hydrogen-bond donors (Lipinski definition) is 1. The summed E-state index contributed by atoms with van der Waals surface area (Å²) in [5.41, 5.74) is 4.64. The molecule has 0 unspecified atom stereocenters. The average molecular weight is 391 g/mol. The van der Waals surface area contributed by atoms with Gasteiger partial charge in [0, 0.05) is 31.9 Å². The molecule has 0 aliphatic carbocycles. The summed E-state index contributed by atoms with van der Waals surface area (Å²) >= 11 is 0. The minimum atomic E-state index is -0.295. The monoisotopic (exact) mass is 390 g/mol. The van der Waals surface area contributed by atoms with Crippen molar-refractivity contribution in [2.24, 2.45) is 5.84 Å². The third-order valence-corrected chi connectivity index (χ3v) is 5.22. The van der Waals surface area contributed by atoms with Crippen molar-refractivity contribution in [2.75, 3.05) is 18.0 Å². The Labute approximate surface area is 173 Å². The van der Waals surface area contributed by atoms with Crippen LogP contribution in [0.25, 0.3) is 5.57 Å². The van der Waals surface area contributed by atoms with E-state index >= 15 is 0 Å². The van der Waals surface area contributed by atoms with Crippen molar-refractivity contribution < 1.29 is 4.79 Å². The Morgan fingerprint density at radius 1 is 1.17 bits per heavy atom. The van der Waals surface area contributed by atoms with E-state index in [1.165, 1.54) is 32.8 Å².